The molecule has 0 aliphatic carbocycles. The lowest BCUT2D eigenvalue weighted by molar-refractivity contribution is 0.215. The van der Waals surface area contributed by atoms with Gasteiger partial charge >= 0.3 is 0 Å². The van der Waals surface area contributed by atoms with Gasteiger partial charge in [-0.3, -0.25) is 4.90 Å². The van der Waals surface area contributed by atoms with Gasteiger partial charge in [0.15, 0.2) is 0 Å². The molecule has 2 heterocycles. The minimum atomic E-state index is 0.0340. The summed E-state index contributed by atoms with van der Waals surface area (Å²) in [5, 5.41) is 5.92. The Labute approximate surface area is 139 Å². The summed E-state index contributed by atoms with van der Waals surface area (Å²) in [6, 6.07) is 13.1. The second-order valence-corrected chi connectivity index (χ2v) is 7.83. The molecule has 1 unspecified atom stereocenters. The third kappa shape index (κ3) is 3.75. The van der Waals surface area contributed by atoms with Gasteiger partial charge in [0.25, 0.3) is 0 Å². The first-order chi connectivity index (χ1) is 10.2. The zero-order chi connectivity index (χ0) is 14.7. The summed E-state index contributed by atoms with van der Waals surface area (Å²) in [6.45, 7) is 6.65. The number of halogens is 1. The molecule has 0 amide bonds. The van der Waals surface area contributed by atoms with Crippen molar-refractivity contribution in [2.45, 2.75) is 25.4 Å². The smallest absolute Gasteiger partial charge is 0.0535 e. The highest BCUT2D eigenvalue weighted by molar-refractivity contribution is 9.10. The predicted octanol–water partition coefficient (Wildman–Crippen LogP) is 4.22. The summed E-state index contributed by atoms with van der Waals surface area (Å²) >= 11 is 5.39. The molecule has 3 rings (SSSR count). The van der Waals surface area contributed by atoms with Crippen LogP contribution in [0.1, 0.15) is 23.8 Å². The van der Waals surface area contributed by atoms with Crippen molar-refractivity contribution in [2.75, 3.05) is 19.6 Å². The van der Waals surface area contributed by atoms with Gasteiger partial charge in [-0.15, -0.1) is 11.3 Å². The Morgan fingerprint density at radius 3 is 2.86 bits per heavy atom. The van der Waals surface area contributed by atoms with Crippen LogP contribution in [-0.2, 0) is 12.1 Å². The van der Waals surface area contributed by atoms with Crippen LogP contribution in [-0.4, -0.2) is 24.5 Å². The number of rotatable bonds is 3. The summed E-state index contributed by atoms with van der Waals surface area (Å²) < 4.78 is 1.20. The highest BCUT2D eigenvalue weighted by atomic mass is 79.9. The van der Waals surface area contributed by atoms with Gasteiger partial charge in [0.05, 0.1) is 5.54 Å². The molecule has 2 nitrogen and oxygen atoms in total. The molecule has 1 N–H and O–H groups in total. The Morgan fingerprint density at radius 1 is 1.33 bits per heavy atom. The van der Waals surface area contributed by atoms with Gasteiger partial charge in [0.2, 0.25) is 0 Å². The zero-order valence-electron chi connectivity index (χ0n) is 12.3. The van der Waals surface area contributed by atoms with Gasteiger partial charge in [-0.2, -0.15) is 0 Å². The number of benzene rings is 1. The van der Waals surface area contributed by atoms with Gasteiger partial charge in [-0.1, -0.05) is 30.3 Å². The molecule has 2 aromatic rings. The first kappa shape index (κ1) is 15.2. The number of thiophene rings is 1. The van der Waals surface area contributed by atoms with Crippen LogP contribution in [0.4, 0.5) is 0 Å². The lowest BCUT2D eigenvalue weighted by atomic mass is 9.91. The van der Waals surface area contributed by atoms with Crippen LogP contribution in [0.3, 0.4) is 0 Å². The van der Waals surface area contributed by atoms with E-state index in [-0.39, 0.29) is 5.54 Å². The van der Waals surface area contributed by atoms with Crippen molar-refractivity contribution in [2.24, 2.45) is 0 Å². The lowest BCUT2D eigenvalue weighted by Gasteiger charge is -2.34. The van der Waals surface area contributed by atoms with Crippen molar-refractivity contribution < 1.29 is 0 Å². The Kier molecular flexibility index (Phi) is 4.79. The molecule has 0 saturated carbocycles. The molecular weight excluding hydrogens is 344 g/mol. The van der Waals surface area contributed by atoms with Crippen LogP contribution in [0.5, 0.6) is 0 Å². The molecule has 4 heteroatoms. The van der Waals surface area contributed by atoms with E-state index in [9.17, 15) is 0 Å². The summed E-state index contributed by atoms with van der Waals surface area (Å²) in [4.78, 5) is 4.00. The summed E-state index contributed by atoms with van der Waals surface area (Å²) in [5.74, 6) is 0. The van der Waals surface area contributed by atoms with E-state index in [1.54, 1.807) is 0 Å². The molecule has 21 heavy (non-hydrogen) atoms. The van der Waals surface area contributed by atoms with Gasteiger partial charge in [0.1, 0.15) is 0 Å². The van der Waals surface area contributed by atoms with E-state index < -0.39 is 0 Å². The number of nitrogens with one attached hydrogen (secondary N) is 1. The van der Waals surface area contributed by atoms with E-state index in [2.05, 4.69) is 74.8 Å². The van der Waals surface area contributed by atoms with E-state index >= 15 is 0 Å². The normalized spacial score (nSPS) is 23.9. The zero-order valence-corrected chi connectivity index (χ0v) is 14.7. The molecule has 0 bridgehead atoms. The molecular formula is C17H21BrN2S. The Balaban J connectivity index is 1.77. The molecule has 1 aliphatic heterocycles. The summed E-state index contributed by atoms with van der Waals surface area (Å²) in [5.41, 5.74) is 1.41. The third-order valence-corrected chi connectivity index (χ3v) is 5.80. The fraction of sp³-hybridized carbons (Fsp3) is 0.412. The molecule has 112 valence electrons. The quantitative estimate of drug-likeness (QED) is 0.876. The minimum absolute atomic E-state index is 0.0340. The maximum atomic E-state index is 3.75. The molecule has 1 atom stereocenters. The van der Waals surface area contributed by atoms with E-state index in [0.717, 1.165) is 26.2 Å². The highest BCUT2D eigenvalue weighted by Crippen LogP contribution is 2.27. The summed E-state index contributed by atoms with van der Waals surface area (Å²) in [7, 11) is 0. The van der Waals surface area contributed by atoms with Crippen LogP contribution in [0, 0.1) is 0 Å². The molecule has 1 fully saturated rings. The molecule has 1 aliphatic rings. The van der Waals surface area contributed by atoms with Crippen LogP contribution in [0.25, 0.3) is 0 Å². The monoisotopic (exact) mass is 364 g/mol. The molecule has 1 aromatic carbocycles. The van der Waals surface area contributed by atoms with Gasteiger partial charge in [-0.05, 0) is 54.0 Å². The Bertz CT molecular complexity index is 583. The number of hydrogen-bond acceptors (Lipinski definition) is 3. The maximum absolute atomic E-state index is 3.75. The number of hydrogen-bond donors (Lipinski definition) is 1. The van der Waals surface area contributed by atoms with Crippen molar-refractivity contribution >= 4 is 27.3 Å². The van der Waals surface area contributed by atoms with Crippen LogP contribution in [0.15, 0.2) is 46.3 Å². The van der Waals surface area contributed by atoms with Crippen molar-refractivity contribution in [3.8, 4) is 0 Å². The van der Waals surface area contributed by atoms with Crippen LogP contribution in [0.2, 0.25) is 0 Å². The predicted molar refractivity (Wildman–Crippen MR) is 93.7 cm³/mol. The van der Waals surface area contributed by atoms with E-state index in [4.69, 9.17) is 0 Å². The molecule has 1 aromatic heterocycles. The topological polar surface area (TPSA) is 15.3 Å². The first-order valence-electron chi connectivity index (χ1n) is 7.41. The maximum Gasteiger partial charge on any atom is 0.0535 e. The van der Waals surface area contributed by atoms with Gasteiger partial charge in [0, 0.05) is 27.8 Å². The molecule has 0 radical (unpaired) electrons. The van der Waals surface area contributed by atoms with Crippen molar-refractivity contribution in [1.82, 2.24) is 10.2 Å². The SMILES string of the molecule is CC1(c2ccccc2)CN(Cc2cc(Br)cs2)CCCN1. The van der Waals surface area contributed by atoms with Crippen LogP contribution >= 0.6 is 27.3 Å². The Morgan fingerprint density at radius 2 is 2.14 bits per heavy atom. The number of nitrogens with zero attached hydrogens (tertiary/aromatic N) is 1. The van der Waals surface area contributed by atoms with Crippen LogP contribution < -0.4 is 5.32 Å². The first-order valence-corrected chi connectivity index (χ1v) is 9.09. The average Bonchev–Trinajstić information content (AvgIpc) is 2.79. The fourth-order valence-corrected chi connectivity index (χ4v) is 4.53. The Hall–Kier alpha value is -0.680. The lowest BCUT2D eigenvalue weighted by Crippen LogP contribution is -2.46. The second-order valence-electron chi connectivity index (χ2n) is 5.92. The fourth-order valence-electron chi connectivity index (χ4n) is 3.04. The van der Waals surface area contributed by atoms with Crippen molar-refractivity contribution in [3.05, 3.63) is 56.7 Å². The third-order valence-electron chi connectivity index (χ3n) is 4.12. The van der Waals surface area contributed by atoms with Crippen molar-refractivity contribution in [1.29, 1.82) is 0 Å². The van der Waals surface area contributed by atoms with E-state index in [1.165, 1.54) is 21.3 Å². The second kappa shape index (κ2) is 6.61. The standard InChI is InChI=1S/C17H21BrN2S/c1-17(14-6-3-2-4-7-14)13-20(9-5-8-19-17)11-16-10-15(18)12-21-16/h2-4,6-7,10,12,19H,5,8-9,11,13H2,1H3. The molecule has 0 spiro atoms. The largest absolute Gasteiger partial charge is 0.307 e. The molecule has 1 saturated heterocycles. The highest BCUT2D eigenvalue weighted by Gasteiger charge is 2.30. The summed E-state index contributed by atoms with van der Waals surface area (Å²) in [6.07, 6.45) is 1.20. The van der Waals surface area contributed by atoms with Crippen molar-refractivity contribution in [3.63, 3.8) is 0 Å². The average molecular weight is 365 g/mol. The van der Waals surface area contributed by atoms with Gasteiger partial charge in [-0.25, -0.2) is 0 Å². The van der Waals surface area contributed by atoms with E-state index in [0.29, 0.717) is 0 Å². The van der Waals surface area contributed by atoms with Gasteiger partial charge < -0.3 is 5.32 Å². The minimum Gasteiger partial charge on any atom is -0.307 e. The van der Waals surface area contributed by atoms with E-state index in [1.807, 2.05) is 11.3 Å².